The van der Waals surface area contributed by atoms with Gasteiger partial charge in [-0.25, -0.2) is 23.5 Å². The minimum atomic E-state index is -1.47. The molecule has 0 atom stereocenters. The van der Waals surface area contributed by atoms with Crippen molar-refractivity contribution in [3.05, 3.63) is 66.0 Å². The molecule has 14 heteroatoms. The molecule has 0 radical (unpaired) electrons. The summed E-state index contributed by atoms with van der Waals surface area (Å²) in [4.78, 5) is 32.6. The van der Waals surface area contributed by atoms with Crippen molar-refractivity contribution in [2.75, 3.05) is 11.9 Å². The van der Waals surface area contributed by atoms with Gasteiger partial charge in [-0.3, -0.25) is 10.1 Å². The summed E-state index contributed by atoms with van der Waals surface area (Å²) >= 11 is 0. The van der Waals surface area contributed by atoms with E-state index in [0.717, 1.165) is 23.9 Å². The molecule has 0 unspecified atom stereocenters. The zero-order valence-electron chi connectivity index (χ0n) is 22.5. The number of pyridine rings is 1. The van der Waals surface area contributed by atoms with Crippen LogP contribution < -0.4 is 15.4 Å². The van der Waals surface area contributed by atoms with E-state index in [1.807, 2.05) is 5.32 Å². The number of hydrogen-bond donors (Lipinski definition) is 3. The Morgan fingerprint density at radius 3 is 2.52 bits per heavy atom. The van der Waals surface area contributed by atoms with E-state index < -0.39 is 37.5 Å². The van der Waals surface area contributed by atoms with Crippen LogP contribution in [0.4, 0.5) is 19.3 Å². The molecule has 0 aliphatic rings. The number of hydrogen-bond acceptors (Lipinski definition) is 6. The van der Waals surface area contributed by atoms with E-state index in [2.05, 4.69) is 34.9 Å². The lowest BCUT2D eigenvalue weighted by Crippen LogP contribution is -2.23. The first kappa shape index (κ1) is 28.7. The molecule has 11 nitrogen and oxygen atoms in total. The zero-order valence-corrected chi connectivity index (χ0v) is 23.5. The summed E-state index contributed by atoms with van der Waals surface area (Å²) in [6.07, 6.45) is 4.72. The van der Waals surface area contributed by atoms with Gasteiger partial charge in [0, 0.05) is 52.5 Å². The van der Waals surface area contributed by atoms with Crippen molar-refractivity contribution in [2.45, 2.75) is 39.0 Å². The van der Waals surface area contributed by atoms with E-state index in [0.29, 0.717) is 12.3 Å². The Bertz CT molecular complexity index is 1530. The maximum Gasteiger partial charge on any atom is 0.409 e. The summed E-state index contributed by atoms with van der Waals surface area (Å²) in [5, 5.41) is 13.8. The number of ether oxygens (including phenoxy) is 2. The molecular weight excluding hydrogens is 542 g/mol. The lowest BCUT2D eigenvalue weighted by molar-refractivity contribution is 0.0891. The molecule has 3 N–H and O–H groups in total. The molecule has 4 aromatic rings. The minimum absolute atomic E-state index is 0.0201. The average molecular weight is 573 g/mol. The summed E-state index contributed by atoms with van der Waals surface area (Å²) in [5.74, 6) is -3.51. The van der Waals surface area contributed by atoms with Crippen molar-refractivity contribution >= 4 is 36.8 Å². The number of carboxylic acid groups (broad SMARTS) is 1. The predicted molar refractivity (Wildman–Crippen MR) is 146 cm³/mol. The summed E-state index contributed by atoms with van der Waals surface area (Å²) < 4.78 is 44.5. The number of anilines is 1. The molecule has 0 fully saturated rings. The number of imidazole rings is 1. The van der Waals surface area contributed by atoms with Gasteiger partial charge in [-0.2, -0.15) is 0 Å². The number of aromatic nitrogens is 4. The number of nitrogens with zero attached hydrogens (tertiary/aromatic N) is 4. The van der Waals surface area contributed by atoms with E-state index in [9.17, 15) is 18.4 Å². The maximum atomic E-state index is 14.8. The zero-order chi connectivity index (χ0) is 29.0. The van der Waals surface area contributed by atoms with Gasteiger partial charge in [-0.15, -0.1) is 0 Å². The van der Waals surface area contributed by atoms with Gasteiger partial charge in [0.15, 0.2) is 17.4 Å². The maximum absolute atomic E-state index is 14.8. The van der Waals surface area contributed by atoms with Crippen molar-refractivity contribution in [1.82, 2.24) is 24.4 Å². The van der Waals surface area contributed by atoms with E-state index in [-0.39, 0.29) is 35.7 Å². The van der Waals surface area contributed by atoms with Crippen LogP contribution >= 0.6 is 0 Å². The molecule has 0 saturated carbocycles. The van der Waals surface area contributed by atoms with Crippen LogP contribution in [0.15, 0.2) is 43.1 Å². The highest BCUT2D eigenvalue weighted by Crippen LogP contribution is 2.36. The molecule has 1 aromatic carbocycles. The standard InChI is InChI=1S/C26H30F2N6O5Si/c1-33-14-29-11-17(33)12-31-25(35)18-13-34(15-38-7-8-40(2,3)4)24-22(18)21(5-6-30-24)39-23-19(27)9-16(10-20(23)28)32-26(36)37/h5-6,9-11,13-14,32H,7-8,12,15H2,1-4H3,(H,31,35)(H,36,37). The van der Waals surface area contributed by atoms with Gasteiger partial charge < -0.3 is 29.0 Å². The smallest absolute Gasteiger partial charge is 0.409 e. The Morgan fingerprint density at radius 1 is 1.18 bits per heavy atom. The van der Waals surface area contributed by atoms with Crippen molar-refractivity contribution in [1.29, 1.82) is 0 Å². The molecule has 0 saturated heterocycles. The molecule has 0 aliphatic carbocycles. The molecule has 0 spiro atoms. The molecule has 2 amide bonds. The number of fused-ring (bicyclic) bond motifs is 1. The van der Waals surface area contributed by atoms with Crippen LogP contribution in [-0.4, -0.2) is 50.9 Å². The van der Waals surface area contributed by atoms with Crippen molar-refractivity contribution in [3.63, 3.8) is 0 Å². The normalized spacial score (nSPS) is 11.6. The monoisotopic (exact) mass is 572 g/mol. The van der Waals surface area contributed by atoms with Gasteiger partial charge in [0.05, 0.1) is 35.2 Å². The Labute approximate surface area is 229 Å². The molecule has 3 aromatic heterocycles. The fraction of sp³-hybridized carbons (Fsp3) is 0.308. The number of carbonyl (C=O) groups is 2. The van der Waals surface area contributed by atoms with Crippen LogP contribution in [0.25, 0.3) is 11.0 Å². The largest absolute Gasteiger partial charge is 0.465 e. The molecule has 212 valence electrons. The van der Waals surface area contributed by atoms with Crippen LogP contribution in [0.3, 0.4) is 0 Å². The van der Waals surface area contributed by atoms with Gasteiger partial charge in [0.2, 0.25) is 0 Å². The van der Waals surface area contributed by atoms with Crippen LogP contribution in [0.5, 0.6) is 11.5 Å². The quantitative estimate of drug-likeness (QED) is 0.167. The summed E-state index contributed by atoms with van der Waals surface area (Å²) in [6, 6.07) is 3.92. The lowest BCUT2D eigenvalue weighted by Gasteiger charge is -2.15. The first-order valence-electron chi connectivity index (χ1n) is 12.4. The number of benzene rings is 1. The Balaban J connectivity index is 1.69. The Morgan fingerprint density at radius 2 is 1.90 bits per heavy atom. The second kappa shape index (κ2) is 11.8. The second-order valence-electron chi connectivity index (χ2n) is 10.3. The highest BCUT2D eigenvalue weighted by Gasteiger charge is 2.23. The Hall–Kier alpha value is -4.30. The molecule has 3 heterocycles. The summed E-state index contributed by atoms with van der Waals surface area (Å²) in [5.41, 5.74) is 0.951. The van der Waals surface area contributed by atoms with Gasteiger partial charge in [0.1, 0.15) is 18.1 Å². The minimum Gasteiger partial charge on any atom is -0.465 e. The van der Waals surface area contributed by atoms with Crippen molar-refractivity contribution in [3.8, 4) is 11.5 Å². The fourth-order valence-electron chi connectivity index (χ4n) is 3.87. The van der Waals surface area contributed by atoms with Crippen LogP contribution in [0, 0.1) is 11.6 Å². The van der Waals surface area contributed by atoms with Gasteiger partial charge >= 0.3 is 6.09 Å². The van der Waals surface area contributed by atoms with E-state index >= 15 is 0 Å². The number of halogens is 2. The molecule has 4 rings (SSSR count). The average Bonchev–Trinajstić information content (AvgIpc) is 3.45. The summed E-state index contributed by atoms with van der Waals surface area (Å²) in [7, 11) is 0.471. The number of carbonyl (C=O) groups excluding carboxylic acids is 1. The van der Waals surface area contributed by atoms with E-state index in [4.69, 9.17) is 14.6 Å². The van der Waals surface area contributed by atoms with Crippen LogP contribution in [0.1, 0.15) is 16.1 Å². The highest BCUT2D eigenvalue weighted by molar-refractivity contribution is 6.76. The molecule has 0 bridgehead atoms. The van der Waals surface area contributed by atoms with Crippen LogP contribution in [0.2, 0.25) is 25.7 Å². The van der Waals surface area contributed by atoms with Gasteiger partial charge in [-0.05, 0) is 12.1 Å². The molecular formula is C26H30F2N6O5Si. The third-order valence-electron chi connectivity index (χ3n) is 6.00. The number of amides is 2. The topological polar surface area (TPSA) is 133 Å². The molecule has 0 aliphatic heterocycles. The van der Waals surface area contributed by atoms with E-state index in [1.165, 1.54) is 12.3 Å². The first-order valence-corrected chi connectivity index (χ1v) is 16.1. The van der Waals surface area contributed by atoms with E-state index in [1.54, 1.807) is 34.9 Å². The lowest BCUT2D eigenvalue weighted by atomic mass is 10.2. The van der Waals surface area contributed by atoms with Crippen LogP contribution in [-0.2, 0) is 25.1 Å². The van der Waals surface area contributed by atoms with Crippen molar-refractivity contribution in [2.24, 2.45) is 7.05 Å². The third-order valence-corrected chi connectivity index (χ3v) is 7.70. The molecule has 40 heavy (non-hydrogen) atoms. The number of rotatable bonds is 11. The Kier molecular flexibility index (Phi) is 8.49. The fourth-order valence-corrected chi connectivity index (χ4v) is 4.62. The van der Waals surface area contributed by atoms with Gasteiger partial charge in [-0.1, -0.05) is 19.6 Å². The van der Waals surface area contributed by atoms with Crippen molar-refractivity contribution < 1.29 is 33.0 Å². The number of nitrogens with one attached hydrogen (secondary N) is 2. The number of aryl methyl sites for hydroxylation is 1. The third kappa shape index (κ3) is 6.82. The highest BCUT2D eigenvalue weighted by atomic mass is 28.3. The van der Waals surface area contributed by atoms with Gasteiger partial charge in [0.25, 0.3) is 5.91 Å². The SMILES string of the molecule is Cn1cncc1CNC(=O)c1cn(COCC[Si](C)(C)C)c2nccc(Oc3c(F)cc(NC(=O)O)cc3F)c12. The summed E-state index contributed by atoms with van der Waals surface area (Å²) in [6.45, 7) is 7.53. The first-order chi connectivity index (χ1) is 18.9. The predicted octanol–water partition coefficient (Wildman–Crippen LogP) is 5.17. The second-order valence-corrected chi connectivity index (χ2v) is 16.0.